The summed E-state index contributed by atoms with van der Waals surface area (Å²) in [4.78, 5) is 43.4. The summed E-state index contributed by atoms with van der Waals surface area (Å²) < 4.78 is 1.65. The van der Waals surface area contributed by atoms with E-state index >= 15 is 0 Å². The summed E-state index contributed by atoms with van der Waals surface area (Å²) in [6.45, 7) is 9.02. The number of hydrogen-bond acceptors (Lipinski definition) is 4. The Balaban J connectivity index is 1.73. The summed E-state index contributed by atoms with van der Waals surface area (Å²) in [7, 11) is 1.75. The van der Waals surface area contributed by atoms with E-state index in [1.54, 1.807) is 27.6 Å². The fourth-order valence-electron chi connectivity index (χ4n) is 3.88. The largest absolute Gasteiger partial charge is 0.346 e. The third-order valence-electron chi connectivity index (χ3n) is 5.92. The third kappa shape index (κ3) is 5.36. The highest BCUT2D eigenvalue weighted by atomic mass is 16.2. The highest BCUT2D eigenvalue weighted by Gasteiger charge is 2.28. The van der Waals surface area contributed by atoms with E-state index < -0.39 is 0 Å². The van der Waals surface area contributed by atoms with Crippen LogP contribution in [0.5, 0.6) is 0 Å². The van der Waals surface area contributed by atoms with Crippen molar-refractivity contribution in [3.05, 3.63) is 52.8 Å². The summed E-state index contributed by atoms with van der Waals surface area (Å²) in [5.74, 6) is -0.363. The molecule has 8 nitrogen and oxygen atoms in total. The molecule has 32 heavy (non-hydrogen) atoms. The average molecular weight is 440 g/mol. The molecule has 2 heterocycles. The van der Waals surface area contributed by atoms with Crippen molar-refractivity contribution in [2.75, 3.05) is 33.2 Å². The van der Waals surface area contributed by atoms with Gasteiger partial charge in [0.15, 0.2) is 5.69 Å². The number of aryl methyl sites for hydroxylation is 2. The van der Waals surface area contributed by atoms with Crippen molar-refractivity contribution in [1.29, 1.82) is 0 Å². The molecule has 0 bridgehead atoms. The minimum absolute atomic E-state index is 0.00124. The molecule has 0 saturated carbocycles. The Bertz CT molecular complexity index is 984. The van der Waals surface area contributed by atoms with Crippen molar-refractivity contribution >= 4 is 17.7 Å². The van der Waals surface area contributed by atoms with E-state index in [9.17, 15) is 14.4 Å². The molecule has 0 saturated heterocycles. The lowest BCUT2D eigenvalue weighted by atomic mass is 10.1. The molecule has 0 unspecified atom stereocenters. The van der Waals surface area contributed by atoms with Gasteiger partial charge in [0.05, 0.1) is 0 Å². The molecule has 0 aliphatic carbocycles. The van der Waals surface area contributed by atoms with Gasteiger partial charge in [0.1, 0.15) is 5.69 Å². The van der Waals surface area contributed by atoms with Crippen LogP contribution in [0.4, 0.5) is 0 Å². The van der Waals surface area contributed by atoms with E-state index in [1.165, 1.54) is 0 Å². The lowest BCUT2D eigenvalue weighted by molar-refractivity contribution is -0.129. The van der Waals surface area contributed by atoms with Crippen LogP contribution in [0, 0.1) is 6.92 Å². The van der Waals surface area contributed by atoms with Gasteiger partial charge in [-0.15, -0.1) is 0 Å². The molecule has 3 amide bonds. The Morgan fingerprint density at radius 3 is 2.59 bits per heavy atom. The fourth-order valence-corrected chi connectivity index (χ4v) is 3.88. The van der Waals surface area contributed by atoms with E-state index in [0.29, 0.717) is 45.0 Å². The van der Waals surface area contributed by atoms with Crippen molar-refractivity contribution in [3.8, 4) is 0 Å². The predicted octanol–water partition coefficient (Wildman–Crippen LogP) is 2.57. The van der Waals surface area contributed by atoms with E-state index in [2.05, 4.69) is 11.2 Å². The van der Waals surface area contributed by atoms with Gasteiger partial charge in [-0.3, -0.25) is 19.1 Å². The summed E-state index contributed by atoms with van der Waals surface area (Å²) in [5.41, 5.74) is 2.94. The van der Waals surface area contributed by atoms with E-state index in [-0.39, 0.29) is 29.8 Å². The van der Waals surface area contributed by atoms with Gasteiger partial charge in [-0.25, -0.2) is 0 Å². The van der Waals surface area contributed by atoms with Crippen molar-refractivity contribution < 1.29 is 14.4 Å². The number of fused-ring (bicyclic) bond motifs is 1. The fraction of sp³-hybridized carbons (Fsp3) is 0.500. The molecule has 1 aliphatic rings. The van der Waals surface area contributed by atoms with Gasteiger partial charge < -0.3 is 14.7 Å². The van der Waals surface area contributed by atoms with Crippen molar-refractivity contribution in [2.45, 2.75) is 46.7 Å². The molecule has 172 valence electrons. The van der Waals surface area contributed by atoms with Crippen LogP contribution < -0.4 is 0 Å². The van der Waals surface area contributed by atoms with Crippen LogP contribution in [-0.4, -0.2) is 75.4 Å². The minimum Gasteiger partial charge on any atom is -0.346 e. The smallest absolute Gasteiger partial charge is 0.274 e. The number of carbonyl (C=O) groups excluding carboxylic acids is 3. The van der Waals surface area contributed by atoms with Crippen molar-refractivity contribution in [1.82, 2.24) is 24.5 Å². The zero-order chi connectivity index (χ0) is 23.3. The minimum atomic E-state index is -0.252. The Labute approximate surface area is 189 Å². The quantitative estimate of drug-likeness (QED) is 0.633. The van der Waals surface area contributed by atoms with Gasteiger partial charge in [-0.2, -0.15) is 5.10 Å². The van der Waals surface area contributed by atoms with Gasteiger partial charge in [-0.05, 0) is 32.8 Å². The molecule has 0 spiro atoms. The monoisotopic (exact) mass is 439 g/mol. The Morgan fingerprint density at radius 1 is 1.12 bits per heavy atom. The molecule has 0 radical (unpaired) electrons. The number of aromatic nitrogens is 2. The van der Waals surface area contributed by atoms with E-state index in [4.69, 9.17) is 0 Å². The van der Waals surface area contributed by atoms with Gasteiger partial charge in [0.25, 0.3) is 11.8 Å². The Morgan fingerprint density at radius 2 is 1.91 bits per heavy atom. The van der Waals surface area contributed by atoms with Crippen LogP contribution in [-0.2, 0) is 17.9 Å². The maximum Gasteiger partial charge on any atom is 0.274 e. The number of amides is 3. The van der Waals surface area contributed by atoms with Gasteiger partial charge in [0.2, 0.25) is 5.91 Å². The molecule has 0 N–H and O–H groups in total. The molecule has 1 aliphatic heterocycles. The first-order valence-electron chi connectivity index (χ1n) is 11.3. The second kappa shape index (κ2) is 10.4. The van der Waals surface area contributed by atoms with Crippen LogP contribution in [0.1, 0.15) is 58.8 Å². The highest BCUT2D eigenvalue weighted by Crippen LogP contribution is 2.18. The lowest BCUT2D eigenvalue weighted by Crippen LogP contribution is -2.36. The third-order valence-corrected chi connectivity index (χ3v) is 5.92. The molecular formula is C24H33N5O3. The summed E-state index contributed by atoms with van der Waals surface area (Å²) in [5, 5.41) is 4.45. The predicted molar refractivity (Wildman–Crippen MR) is 122 cm³/mol. The van der Waals surface area contributed by atoms with Crippen LogP contribution in [0.15, 0.2) is 30.3 Å². The van der Waals surface area contributed by atoms with Crippen molar-refractivity contribution in [3.63, 3.8) is 0 Å². The van der Waals surface area contributed by atoms with Gasteiger partial charge in [-0.1, -0.05) is 29.8 Å². The highest BCUT2D eigenvalue weighted by molar-refractivity contribution is 5.98. The summed E-state index contributed by atoms with van der Waals surface area (Å²) in [6.07, 6.45) is 1.04. The maximum absolute atomic E-state index is 13.2. The Hall–Kier alpha value is -3.16. The number of benzene rings is 1. The molecule has 0 atom stereocenters. The van der Waals surface area contributed by atoms with Crippen LogP contribution >= 0.6 is 0 Å². The SMILES string of the molecule is CCN(C)C(=O)CCN(CC)C(=O)c1cc2n(n1)CCCN(Cc1cccc(C)c1)C2=O. The number of nitrogens with zero attached hydrogens (tertiary/aromatic N) is 5. The molecule has 3 rings (SSSR count). The first-order valence-corrected chi connectivity index (χ1v) is 11.3. The van der Waals surface area contributed by atoms with Crippen LogP contribution in [0.25, 0.3) is 0 Å². The molecule has 1 aromatic heterocycles. The molecular weight excluding hydrogens is 406 g/mol. The first kappa shape index (κ1) is 23.5. The number of rotatable bonds is 8. The Kier molecular flexibility index (Phi) is 7.66. The van der Waals surface area contributed by atoms with E-state index in [1.807, 2.05) is 43.9 Å². The lowest BCUT2D eigenvalue weighted by Gasteiger charge is -2.21. The summed E-state index contributed by atoms with van der Waals surface area (Å²) in [6, 6.07) is 9.74. The number of carbonyl (C=O) groups is 3. The second-order valence-corrected chi connectivity index (χ2v) is 8.25. The van der Waals surface area contributed by atoms with Crippen LogP contribution in [0.3, 0.4) is 0 Å². The topological polar surface area (TPSA) is 78.8 Å². The van der Waals surface area contributed by atoms with Crippen LogP contribution in [0.2, 0.25) is 0 Å². The molecule has 8 heteroatoms. The summed E-state index contributed by atoms with van der Waals surface area (Å²) >= 11 is 0. The first-order chi connectivity index (χ1) is 15.3. The maximum atomic E-state index is 13.2. The normalized spacial score (nSPS) is 13.5. The molecule has 2 aromatic rings. The van der Waals surface area contributed by atoms with Crippen molar-refractivity contribution in [2.24, 2.45) is 0 Å². The molecule has 1 aromatic carbocycles. The van der Waals surface area contributed by atoms with E-state index in [0.717, 1.165) is 17.5 Å². The van der Waals surface area contributed by atoms with Gasteiger partial charge in [0, 0.05) is 58.8 Å². The van der Waals surface area contributed by atoms with Gasteiger partial charge >= 0.3 is 0 Å². The standard InChI is InChI=1S/C24H33N5O3/c1-5-26(4)22(30)11-14-27(6-2)23(31)20-16-21-24(32)28(12-8-13-29(21)25-20)17-19-10-7-9-18(3)15-19/h7,9-10,15-16H,5-6,8,11-14,17H2,1-4H3. The molecule has 0 fully saturated rings. The zero-order valence-electron chi connectivity index (χ0n) is 19.5. The number of hydrogen-bond donors (Lipinski definition) is 0. The zero-order valence-corrected chi connectivity index (χ0v) is 19.5. The average Bonchev–Trinajstić information content (AvgIpc) is 3.15. The second-order valence-electron chi connectivity index (χ2n) is 8.25.